The van der Waals surface area contributed by atoms with Crippen LogP contribution in [0.4, 0.5) is 0 Å². The number of ether oxygens (including phenoxy) is 1. The minimum Gasteiger partial charge on any atom is -0.497 e. The maximum absolute atomic E-state index is 12.3. The van der Waals surface area contributed by atoms with Crippen LogP contribution in [0.15, 0.2) is 47.4 Å². The largest absolute Gasteiger partial charge is 0.497 e. The maximum Gasteiger partial charge on any atom is 0.255 e. The number of hydrogen-bond donors (Lipinski definition) is 1. The van der Waals surface area contributed by atoms with Gasteiger partial charge in [-0.1, -0.05) is 13.3 Å². The lowest BCUT2D eigenvalue weighted by atomic mass is 10.1. The highest BCUT2D eigenvalue weighted by Crippen LogP contribution is 2.14. The molecular weight excluding hydrogens is 292 g/mol. The van der Waals surface area contributed by atoms with Gasteiger partial charge in [0.05, 0.1) is 12.7 Å². The summed E-state index contributed by atoms with van der Waals surface area (Å²) in [7, 11) is 1.59. The number of methoxy groups -OCH3 is 1. The molecule has 0 aliphatic heterocycles. The predicted molar refractivity (Wildman–Crippen MR) is 90.4 cm³/mol. The van der Waals surface area contributed by atoms with Gasteiger partial charge in [0.2, 0.25) is 0 Å². The number of nitrogens with one attached hydrogen (secondary N) is 1. The fraction of sp³-hybridized carbons (Fsp3) is 0.333. The highest BCUT2D eigenvalue weighted by atomic mass is 16.5. The highest BCUT2D eigenvalue weighted by molar-refractivity contribution is 5.94. The standard InChI is InChI=1S/C18H22N2O3/c1-4-5-13(2)19-18(22)14-6-11-17(21)20(12-14)15-7-9-16(23-3)10-8-15/h6-13H,4-5H2,1-3H3,(H,19,22). The summed E-state index contributed by atoms with van der Waals surface area (Å²) in [6.07, 6.45) is 3.49. The SMILES string of the molecule is CCCC(C)NC(=O)c1ccc(=O)n(-c2ccc(OC)cc2)c1. The number of amides is 1. The average Bonchev–Trinajstić information content (AvgIpc) is 2.55. The van der Waals surface area contributed by atoms with Gasteiger partial charge in [-0.25, -0.2) is 0 Å². The molecule has 2 rings (SSSR count). The second-order valence-corrected chi connectivity index (χ2v) is 5.49. The Bertz CT molecular complexity index is 720. The van der Waals surface area contributed by atoms with Gasteiger partial charge in [-0.2, -0.15) is 0 Å². The molecule has 0 bridgehead atoms. The van der Waals surface area contributed by atoms with Gasteiger partial charge in [0, 0.05) is 24.0 Å². The molecule has 2 aromatic rings. The Morgan fingerprint density at radius 3 is 2.52 bits per heavy atom. The molecule has 1 N–H and O–H groups in total. The Hall–Kier alpha value is -2.56. The van der Waals surface area contributed by atoms with E-state index >= 15 is 0 Å². The third kappa shape index (κ3) is 4.22. The summed E-state index contributed by atoms with van der Waals surface area (Å²) < 4.78 is 6.57. The van der Waals surface area contributed by atoms with Gasteiger partial charge in [0.25, 0.3) is 11.5 Å². The molecule has 122 valence electrons. The summed E-state index contributed by atoms with van der Waals surface area (Å²) in [5, 5.41) is 2.94. The monoisotopic (exact) mass is 314 g/mol. The number of nitrogens with zero attached hydrogens (tertiary/aromatic N) is 1. The molecule has 5 heteroatoms. The van der Waals surface area contributed by atoms with Crippen LogP contribution in [-0.4, -0.2) is 23.6 Å². The number of carbonyl (C=O) groups excluding carboxylic acids is 1. The second kappa shape index (κ2) is 7.63. The van der Waals surface area contributed by atoms with Crippen molar-refractivity contribution >= 4 is 5.91 Å². The van der Waals surface area contributed by atoms with Crippen LogP contribution in [0.25, 0.3) is 5.69 Å². The Kier molecular flexibility index (Phi) is 5.57. The van der Waals surface area contributed by atoms with Gasteiger partial charge in [-0.15, -0.1) is 0 Å². The summed E-state index contributed by atoms with van der Waals surface area (Å²) in [6.45, 7) is 4.05. The molecule has 1 unspecified atom stereocenters. The van der Waals surface area contributed by atoms with Gasteiger partial charge in [0.15, 0.2) is 0 Å². The van der Waals surface area contributed by atoms with E-state index in [2.05, 4.69) is 12.2 Å². The first-order chi connectivity index (χ1) is 11.0. The molecule has 0 saturated carbocycles. The third-order valence-electron chi connectivity index (χ3n) is 3.62. The first-order valence-electron chi connectivity index (χ1n) is 7.73. The summed E-state index contributed by atoms with van der Waals surface area (Å²) in [4.78, 5) is 24.4. The summed E-state index contributed by atoms with van der Waals surface area (Å²) in [5.41, 5.74) is 0.962. The van der Waals surface area contributed by atoms with Crippen molar-refractivity contribution in [2.45, 2.75) is 32.7 Å². The molecule has 0 spiro atoms. The van der Waals surface area contributed by atoms with Gasteiger partial charge >= 0.3 is 0 Å². The molecular formula is C18H22N2O3. The molecule has 0 aliphatic rings. The third-order valence-corrected chi connectivity index (χ3v) is 3.62. The Morgan fingerprint density at radius 2 is 1.91 bits per heavy atom. The van der Waals surface area contributed by atoms with Gasteiger partial charge in [-0.3, -0.25) is 14.2 Å². The van der Waals surface area contributed by atoms with Gasteiger partial charge in [0.1, 0.15) is 5.75 Å². The molecule has 23 heavy (non-hydrogen) atoms. The number of carbonyl (C=O) groups is 1. The van der Waals surface area contributed by atoms with Crippen molar-refractivity contribution in [2.24, 2.45) is 0 Å². The predicted octanol–water partition coefficient (Wildman–Crippen LogP) is 2.76. The van der Waals surface area contributed by atoms with Crippen molar-refractivity contribution < 1.29 is 9.53 Å². The van der Waals surface area contributed by atoms with Crippen LogP contribution in [0.3, 0.4) is 0 Å². The molecule has 1 aromatic heterocycles. The zero-order valence-corrected chi connectivity index (χ0v) is 13.7. The van der Waals surface area contributed by atoms with Crippen molar-refractivity contribution in [3.63, 3.8) is 0 Å². The summed E-state index contributed by atoms with van der Waals surface area (Å²) in [6, 6.07) is 10.2. The van der Waals surface area contributed by atoms with Gasteiger partial charge in [-0.05, 0) is 43.7 Å². The molecule has 0 fully saturated rings. The maximum atomic E-state index is 12.3. The number of aromatic nitrogens is 1. The average molecular weight is 314 g/mol. The molecule has 1 aromatic carbocycles. The van der Waals surface area contributed by atoms with Crippen molar-refractivity contribution in [2.75, 3.05) is 7.11 Å². The normalized spacial score (nSPS) is 11.8. The minimum absolute atomic E-state index is 0.105. The number of rotatable bonds is 6. The summed E-state index contributed by atoms with van der Waals surface area (Å²) >= 11 is 0. The first kappa shape index (κ1) is 16.8. The van der Waals surface area contributed by atoms with Crippen molar-refractivity contribution in [1.82, 2.24) is 9.88 Å². The topological polar surface area (TPSA) is 60.3 Å². The van der Waals surface area contributed by atoms with Crippen molar-refractivity contribution in [3.05, 3.63) is 58.5 Å². The lowest BCUT2D eigenvalue weighted by Crippen LogP contribution is -2.33. The van der Waals surface area contributed by atoms with Crippen LogP contribution in [0, 0.1) is 0 Å². The van der Waals surface area contributed by atoms with Crippen molar-refractivity contribution in [1.29, 1.82) is 0 Å². The van der Waals surface area contributed by atoms with E-state index in [1.807, 2.05) is 6.92 Å². The smallest absolute Gasteiger partial charge is 0.255 e. The quantitative estimate of drug-likeness (QED) is 0.892. The molecule has 0 radical (unpaired) electrons. The molecule has 1 heterocycles. The van der Waals surface area contributed by atoms with E-state index in [1.165, 1.54) is 10.6 Å². The number of benzene rings is 1. The molecule has 5 nitrogen and oxygen atoms in total. The van der Waals surface area contributed by atoms with E-state index in [-0.39, 0.29) is 17.5 Å². The Morgan fingerprint density at radius 1 is 1.22 bits per heavy atom. The summed E-state index contributed by atoms with van der Waals surface area (Å²) in [5.74, 6) is 0.539. The van der Waals surface area contributed by atoms with Crippen LogP contribution in [0.1, 0.15) is 37.0 Å². The fourth-order valence-electron chi connectivity index (χ4n) is 2.38. The van der Waals surface area contributed by atoms with Gasteiger partial charge < -0.3 is 10.1 Å². The Labute approximate surface area is 135 Å². The van der Waals surface area contributed by atoms with Crippen LogP contribution in [0.5, 0.6) is 5.75 Å². The Balaban J connectivity index is 2.27. The number of hydrogen-bond acceptors (Lipinski definition) is 3. The second-order valence-electron chi connectivity index (χ2n) is 5.49. The molecule has 1 amide bonds. The minimum atomic E-state index is -0.187. The van der Waals surface area contributed by atoms with Crippen molar-refractivity contribution in [3.8, 4) is 11.4 Å². The first-order valence-corrected chi connectivity index (χ1v) is 7.73. The van der Waals surface area contributed by atoms with E-state index in [1.54, 1.807) is 43.6 Å². The zero-order valence-electron chi connectivity index (χ0n) is 13.7. The molecule has 1 atom stereocenters. The fourth-order valence-corrected chi connectivity index (χ4v) is 2.38. The number of pyridine rings is 1. The molecule has 0 saturated heterocycles. The van der Waals surface area contributed by atoms with Crippen LogP contribution < -0.4 is 15.6 Å². The lowest BCUT2D eigenvalue weighted by Gasteiger charge is -2.14. The van der Waals surface area contributed by atoms with Crippen LogP contribution >= 0.6 is 0 Å². The molecule has 0 aliphatic carbocycles. The van der Waals surface area contributed by atoms with E-state index < -0.39 is 0 Å². The zero-order chi connectivity index (χ0) is 16.8. The van der Waals surface area contributed by atoms with E-state index in [0.29, 0.717) is 17.0 Å². The highest BCUT2D eigenvalue weighted by Gasteiger charge is 2.11. The van der Waals surface area contributed by atoms with E-state index in [0.717, 1.165) is 12.8 Å². The van der Waals surface area contributed by atoms with E-state index in [4.69, 9.17) is 4.74 Å². The lowest BCUT2D eigenvalue weighted by molar-refractivity contribution is 0.0937. The van der Waals surface area contributed by atoms with E-state index in [9.17, 15) is 9.59 Å². The van der Waals surface area contributed by atoms with Crippen LogP contribution in [0.2, 0.25) is 0 Å². The van der Waals surface area contributed by atoms with Crippen LogP contribution in [-0.2, 0) is 0 Å².